The second-order valence-corrected chi connectivity index (χ2v) is 5.30. The van der Waals surface area contributed by atoms with Gasteiger partial charge in [-0.2, -0.15) is 0 Å². The van der Waals surface area contributed by atoms with E-state index in [1.54, 1.807) is 0 Å². The second-order valence-electron chi connectivity index (χ2n) is 5.30. The van der Waals surface area contributed by atoms with E-state index in [0.29, 0.717) is 39.3 Å². The molecule has 0 atom stereocenters. The number of piperidine rings is 2. The van der Waals surface area contributed by atoms with Crippen LogP contribution in [0.2, 0.25) is 0 Å². The number of hydroxylamine groups is 6. The minimum atomic E-state index is -0.395. The van der Waals surface area contributed by atoms with Crippen LogP contribution in [-0.4, -0.2) is 59.8 Å². The van der Waals surface area contributed by atoms with Gasteiger partial charge < -0.3 is 24.8 Å². The number of hydrogen-bond donors (Lipinski definition) is 1. The summed E-state index contributed by atoms with van der Waals surface area (Å²) in [6.07, 6.45) is -0.395. The summed E-state index contributed by atoms with van der Waals surface area (Å²) in [7, 11) is 0. The molecule has 4 aliphatic heterocycles. The average Bonchev–Trinajstić information content (AvgIpc) is 2.24. The van der Waals surface area contributed by atoms with Gasteiger partial charge in [0.1, 0.15) is 13.1 Å². The maximum Gasteiger partial charge on any atom is 0.129 e. The first kappa shape index (κ1) is 9.06. The van der Waals surface area contributed by atoms with Crippen LogP contribution >= 0.6 is 0 Å². The van der Waals surface area contributed by atoms with E-state index in [1.165, 1.54) is 0 Å². The van der Waals surface area contributed by atoms with Gasteiger partial charge >= 0.3 is 0 Å². The van der Waals surface area contributed by atoms with E-state index in [-0.39, 0.29) is 21.1 Å². The summed E-state index contributed by atoms with van der Waals surface area (Å²) in [6, 6.07) is 0. The SMILES string of the molecule is [O-][N+]12CC[N+]3([O-])CC(C1)C(O)C(C2)C3. The molecule has 0 aliphatic carbocycles. The molecule has 14 heavy (non-hydrogen) atoms. The van der Waals surface area contributed by atoms with Crippen LogP contribution in [0.5, 0.6) is 0 Å². The Morgan fingerprint density at radius 1 is 0.857 bits per heavy atom. The van der Waals surface area contributed by atoms with Crippen LogP contribution < -0.4 is 0 Å². The summed E-state index contributed by atoms with van der Waals surface area (Å²) in [5.41, 5.74) is 0. The number of rotatable bonds is 0. The Bertz CT molecular complexity index is 233. The summed E-state index contributed by atoms with van der Waals surface area (Å²) >= 11 is 0. The normalized spacial score (nSPS) is 61.5. The van der Waals surface area contributed by atoms with Crippen LogP contribution in [0.3, 0.4) is 0 Å². The van der Waals surface area contributed by atoms with Gasteiger partial charge in [0.2, 0.25) is 0 Å². The van der Waals surface area contributed by atoms with Gasteiger partial charge in [-0.05, 0) is 0 Å². The number of fused-ring (bicyclic) bond motifs is 1. The van der Waals surface area contributed by atoms with Gasteiger partial charge in [-0.15, -0.1) is 0 Å². The Kier molecular flexibility index (Phi) is 1.61. The Morgan fingerprint density at radius 2 is 1.21 bits per heavy atom. The van der Waals surface area contributed by atoms with Crippen molar-refractivity contribution in [2.24, 2.45) is 11.8 Å². The molecule has 4 aliphatic rings. The molecule has 0 aromatic rings. The summed E-state index contributed by atoms with van der Waals surface area (Å²) in [4.78, 5) is 0. The Hall–Kier alpha value is -0.200. The second kappa shape index (κ2) is 2.48. The smallest absolute Gasteiger partial charge is 0.129 e. The van der Waals surface area contributed by atoms with Gasteiger partial charge in [0.15, 0.2) is 0 Å². The zero-order valence-corrected chi connectivity index (χ0v) is 8.13. The van der Waals surface area contributed by atoms with Crippen LogP contribution in [0, 0.1) is 22.3 Å². The maximum absolute atomic E-state index is 12.2. The maximum atomic E-state index is 12.2. The lowest BCUT2D eigenvalue weighted by Crippen LogP contribution is -2.64. The van der Waals surface area contributed by atoms with Crippen molar-refractivity contribution in [2.75, 3.05) is 39.3 Å². The molecule has 0 radical (unpaired) electrons. The minimum Gasteiger partial charge on any atom is -0.633 e. The standard InChI is InChI=1S/C9H16N2O3/c12-9-7-3-10(13)1-2-11(14,5-7)6-8(9)4-10/h7-9,12H,1-6H2. The zero-order chi connectivity index (χ0) is 9.97. The number of nitrogens with zero attached hydrogens (tertiary/aromatic N) is 2. The quantitative estimate of drug-likeness (QED) is 0.413. The summed E-state index contributed by atoms with van der Waals surface area (Å²) in [5.74, 6) is -0.111. The van der Waals surface area contributed by atoms with E-state index in [0.717, 1.165) is 0 Å². The highest BCUT2D eigenvalue weighted by Gasteiger charge is 2.53. The molecule has 0 aromatic heterocycles. The molecule has 4 saturated heterocycles. The molecule has 5 heteroatoms. The van der Waals surface area contributed by atoms with Gasteiger partial charge in [0.05, 0.1) is 44.1 Å². The van der Waals surface area contributed by atoms with Crippen LogP contribution in [0.4, 0.5) is 0 Å². The Balaban J connectivity index is 2.00. The highest BCUT2D eigenvalue weighted by Crippen LogP contribution is 2.38. The first-order valence-electron chi connectivity index (χ1n) is 5.32. The van der Waals surface area contributed by atoms with E-state index >= 15 is 0 Å². The predicted molar refractivity (Wildman–Crippen MR) is 49.4 cm³/mol. The molecule has 4 rings (SSSR count). The van der Waals surface area contributed by atoms with Crippen molar-refractivity contribution >= 4 is 0 Å². The Labute approximate surface area is 82.9 Å². The predicted octanol–water partition coefficient (Wildman–Crippen LogP) is -0.750. The van der Waals surface area contributed by atoms with Gasteiger partial charge in [0.25, 0.3) is 0 Å². The molecule has 0 unspecified atom stereocenters. The lowest BCUT2D eigenvalue weighted by molar-refractivity contribution is -0.898. The third kappa shape index (κ3) is 1.14. The van der Waals surface area contributed by atoms with Crippen LogP contribution in [0.25, 0.3) is 0 Å². The molecule has 4 fully saturated rings. The largest absolute Gasteiger partial charge is 0.633 e. The van der Waals surface area contributed by atoms with Crippen molar-refractivity contribution in [1.82, 2.24) is 0 Å². The third-order valence-corrected chi connectivity index (χ3v) is 4.15. The highest BCUT2D eigenvalue weighted by atomic mass is 16.6. The molecule has 0 saturated carbocycles. The molecule has 4 heterocycles. The van der Waals surface area contributed by atoms with Gasteiger partial charge in [-0.3, -0.25) is 0 Å². The number of hydrogen-bond acceptors (Lipinski definition) is 3. The fourth-order valence-electron chi connectivity index (χ4n) is 3.52. The fraction of sp³-hybridized carbons (Fsp3) is 1.00. The van der Waals surface area contributed by atoms with Crippen molar-refractivity contribution < 1.29 is 14.4 Å². The van der Waals surface area contributed by atoms with Crippen LogP contribution in [0.1, 0.15) is 0 Å². The Morgan fingerprint density at radius 3 is 1.57 bits per heavy atom. The van der Waals surface area contributed by atoms with Crippen molar-refractivity contribution in [3.05, 3.63) is 10.4 Å². The molecular formula is C9H16N2O3. The molecule has 0 amide bonds. The monoisotopic (exact) mass is 200 g/mol. The van der Waals surface area contributed by atoms with E-state index < -0.39 is 6.10 Å². The van der Waals surface area contributed by atoms with Crippen molar-refractivity contribution in [3.8, 4) is 0 Å². The van der Waals surface area contributed by atoms with E-state index in [4.69, 9.17) is 0 Å². The summed E-state index contributed by atoms with van der Waals surface area (Å²) in [5, 5.41) is 34.2. The number of quaternary nitrogens is 2. The fourth-order valence-corrected chi connectivity index (χ4v) is 3.52. The lowest BCUT2D eigenvalue weighted by Gasteiger charge is -2.54. The van der Waals surface area contributed by atoms with Crippen LogP contribution in [-0.2, 0) is 0 Å². The van der Waals surface area contributed by atoms with Crippen LogP contribution in [0.15, 0.2) is 0 Å². The molecule has 0 aromatic carbocycles. The topological polar surface area (TPSA) is 66.3 Å². The first-order valence-corrected chi connectivity index (χ1v) is 5.32. The van der Waals surface area contributed by atoms with Gasteiger partial charge in [-0.25, -0.2) is 0 Å². The molecule has 5 nitrogen and oxygen atoms in total. The minimum absolute atomic E-state index is 0.0556. The molecule has 4 bridgehead atoms. The van der Waals surface area contributed by atoms with Crippen molar-refractivity contribution in [1.29, 1.82) is 0 Å². The molecule has 0 spiro atoms. The average molecular weight is 200 g/mol. The van der Waals surface area contributed by atoms with Crippen molar-refractivity contribution in [2.45, 2.75) is 6.10 Å². The first-order chi connectivity index (χ1) is 6.50. The third-order valence-electron chi connectivity index (χ3n) is 4.15. The lowest BCUT2D eigenvalue weighted by atomic mass is 9.82. The molecule has 80 valence electrons. The number of aliphatic hydroxyl groups excluding tert-OH is 1. The van der Waals surface area contributed by atoms with Gasteiger partial charge in [0, 0.05) is 0 Å². The molecular weight excluding hydrogens is 184 g/mol. The van der Waals surface area contributed by atoms with E-state index in [2.05, 4.69) is 0 Å². The summed E-state index contributed by atoms with van der Waals surface area (Å²) in [6.45, 7) is 2.73. The highest BCUT2D eigenvalue weighted by molar-refractivity contribution is 4.87. The van der Waals surface area contributed by atoms with E-state index in [9.17, 15) is 15.5 Å². The van der Waals surface area contributed by atoms with E-state index in [1.807, 2.05) is 0 Å². The zero-order valence-electron chi connectivity index (χ0n) is 8.13. The van der Waals surface area contributed by atoms with Crippen molar-refractivity contribution in [3.63, 3.8) is 0 Å². The number of aliphatic hydroxyl groups is 1. The van der Waals surface area contributed by atoms with Gasteiger partial charge in [-0.1, -0.05) is 0 Å². The summed E-state index contributed by atoms with van der Waals surface area (Å²) < 4.78 is -0.455. The molecule has 1 N–H and O–H groups in total.